The Bertz CT molecular complexity index is 766. The number of rotatable bonds is 9. The largest absolute Gasteiger partial charge is 0.494 e. The fraction of sp³-hybridized carbons (Fsp3) is 0.409. The number of hydrogen-bond acceptors (Lipinski definition) is 5. The van der Waals surface area contributed by atoms with Gasteiger partial charge < -0.3 is 15.4 Å². The number of carbonyl (C=O) groups is 1. The monoisotopic (exact) mass is 414 g/mol. The topological polar surface area (TPSA) is 62.0 Å². The molecule has 7 heteroatoms. The van der Waals surface area contributed by atoms with E-state index in [-0.39, 0.29) is 0 Å². The molecular weight excluding hydrogens is 384 g/mol. The SMILES string of the molecule is NC(=O)N(S)c1cccc(OCCCCCN2CCN(c3ccccc3)CC2)c1. The molecule has 0 saturated carbocycles. The molecule has 1 aliphatic heterocycles. The van der Waals surface area contributed by atoms with Crippen LogP contribution < -0.4 is 19.7 Å². The lowest BCUT2D eigenvalue weighted by Crippen LogP contribution is -2.46. The van der Waals surface area contributed by atoms with Crippen molar-refractivity contribution in [2.24, 2.45) is 5.73 Å². The number of para-hydroxylation sites is 1. The third-order valence-electron chi connectivity index (χ3n) is 5.15. The molecule has 2 amide bonds. The summed E-state index contributed by atoms with van der Waals surface area (Å²) >= 11 is 4.07. The number of nitrogens with two attached hydrogens (primary N) is 1. The third kappa shape index (κ3) is 6.58. The van der Waals surface area contributed by atoms with Gasteiger partial charge in [-0.2, -0.15) is 0 Å². The summed E-state index contributed by atoms with van der Waals surface area (Å²) in [6.45, 7) is 6.24. The summed E-state index contributed by atoms with van der Waals surface area (Å²) < 4.78 is 6.90. The van der Waals surface area contributed by atoms with Crippen LogP contribution in [0.3, 0.4) is 0 Å². The number of benzene rings is 2. The maximum atomic E-state index is 11.2. The minimum Gasteiger partial charge on any atom is -0.494 e. The Kier molecular flexibility index (Phi) is 8.07. The zero-order chi connectivity index (χ0) is 20.5. The molecule has 2 aromatic rings. The van der Waals surface area contributed by atoms with Gasteiger partial charge in [-0.15, -0.1) is 0 Å². The molecule has 156 valence electrons. The van der Waals surface area contributed by atoms with Crippen molar-refractivity contribution < 1.29 is 9.53 Å². The molecule has 2 N–H and O–H groups in total. The van der Waals surface area contributed by atoms with Crippen LogP contribution in [0.25, 0.3) is 0 Å². The van der Waals surface area contributed by atoms with Crippen LogP contribution in [0.2, 0.25) is 0 Å². The molecule has 0 bridgehead atoms. The first-order valence-electron chi connectivity index (χ1n) is 10.2. The maximum Gasteiger partial charge on any atom is 0.329 e. The highest BCUT2D eigenvalue weighted by Gasteiger charge is 2.16. The predicted octanol–water partition coefficient (Wildman–Crippen LogP) is 3.79. The van der Waals surface area contributed by atoms with Gasteiger partial charge in [0.2, 0.25) is 0 Å². The molecule has 2 aromatic carbocycles. The number of nitrogens with zero attached hydrogens (tertiary/aromatic N) is 3. The van der Waals surface area contributed by atoms with Crippen LogP contribution in [-0.2, 0) is 0 Å². The number of anilines is 2. The van der Waals surface area contributed by atoms with Crippen molar-refractivity contribution in [3.63, 3.8) is 0 Å². The highest BCUT2D eigenvalue weighted by molar-refractivity contribution is 7.82. The van der Waals surface area contributed by atoms with Crippen LogP contribution in [-0.4, -0.2) is 50.3 Å². The van der Waals surface area contributed by atoms with E-state index in [4.69, 9.17) is 10.5 Å². The Labute approximate surface area is 178 Å². The van der Waals surface area contributed by atoms with Gasteiger partial charge in [-0.25, -0.2) is 9.10 Å². The Balaban J connectivity index is 1.28. The van der Waals surface area contributed by atoms with Gasteiger partial charge >= 0.3 is 6.03 Å². The predicted molar refractivity (Wildman–Crippen MR) is 122 cm³/mol. The molecule has 1 heterocycles. The lowest BCUT2D eigenvalue weighted by Gasteiger charge is -2.36. The molecule has 6 nitrogen and oxygen atoms in total. The number of hydrogen-bond donors (Lipinski definition) is 2. The third-order valence-corrected chi connectivity index (χ3v) is 5.58. The van der Waals surface area contributed by atoms with Gasteiger partial charge in [0.05, 0.1) is 12.3 Å². The second kappa shape index (κ2) is 11.0. The van der Waals surface area contributed by atoms with Gasteiger partial charge in [-0.3, -0.25) is 4.90 Å². The summed E-state index contributed by atoms with van der Waals surface area (Å²) in [6.07, 6.45) is 3.33. The van der Waals surface area contributed by atoms with E-state index >= 15 is 0 Å². The molecule has 0 aromatic heterocycles. The standard InChI is InChI=1S/C22H30N4O2S/c23-22(27)26(29)20-10-7-11-21(18-20)28-17-6-2-5-12-24-13-15-25(16-14-24)19-8-3-1-4-9-19/h1,3-4,7-11,18,29H,2,5-6,12-17H2,(H2,23,27). The van der Waals surface area contributed by atoms with Crippen LogP contribution in [0.15, 0.2) is 54.6 Å². The Morgan fingerprint density at radius 1 is 1.00 bits per heavy atom. The van der Waals surface area contributed by atoms with Gasteiger partial charge in [0.1, 0.15) is 5.75 Å². The van der Waals surface area contributed by atoms with Crippen molar-refractivity contribution in [3.05, 3.63) is 54.6 Å². The van der Waals surface area contributed by atoms with Crippen LogP contribution >= 0.6 is 12.8 Å². The highest BCUT2D eigenvalue weighted by atomic mass is 32.1. The summed E-state index contributed by atoms with van der Waals surface area (Å²) in [7, 11) is 0. The average molecular weight is 415 g/mol. The number of thiol groups is 1. The van der Waals surface area contributed by atoms with Crippen LogP contribution in [0.4, 0.5) is 16.2 Å². The number of urea groups is 1. The molecule has 0 radical (unpaired) electrons. The smallest absolute Gasteiger partial charge is 0.329 e. The summed E-state index contributed by atoms with van der Waals surface area (Å²) in [4.78, 5) is 16.2. The van der Waals surface area contributed by atoms with E-state index in [1.165, 1.54) is 12.1 Å². The molecule has 1 aliphatic rings. The molecule has 1 saturated heterocycles. The van der Waals surface area contributed by atoms with E-state index in [9.17, 15) is 4.79 Å². The van der Waals surface area contributed by atoms with Crippen molar-refractivity contribution in [2.75, 3.05) is 48.5 Å². The minimum atomic E-state index is -0.616. The minimum absolute atomic E-state index is 0.605. The van der Waals surface area contributed by atoms with Crippen molar-refractivity contribution in [1.82, 2.24) is 4.90 Å². The summed E-state index contributed by atoms with van der Waals surface area (Å²) in [5.74, 6) is 0.722. The molecule has 3 rings (SSSR count). The van der Waals surface area contributed by atoms with Crippen molar-refractivity contribution in [3.8, 4) is 5.75 Å². The first-order valence-corrected chi connectivity index (χ1v) is 10.6. The molecule has 0 aliphatic carbocycles. The van der Waals surface area contributed by atoms with E-state index in [1.807, 2.05) is 12.1 Å². The van der Waals surface area contributed by atoms with Crippen LogP contribution in [0.1, 0.15) is 19.3 Å². The molecule has 0 atom stereocenters. The molecule has 0 spiro atoms. The Morgan fingerprint density at radius 3 is 2.48 bits per heavy atom. The van der Waals surface area contributed by atoms with E-state index in [1.54, 1.807) is 12.1 Å². The number of primary amides is 1. The van der Waals surface area contributed by atoms with E-state index in [2.05, 4.69) is 52.9 Å². The number of amides is 2. The first-order chi connectivity index (χ1) is 14.1. The zero-order valence-electron chi connectivity index (χ0n) is 16.7. The van der Waals surface area contributed by atoms with Gasteiger partial charge in [-0.05, 0) is 50.1 Å². The molecule has 1 fully saturated rings. The van der Waals surface area contributed by atoms with E-state index in [0.29, 0.717) is 12.3 Å². The highest BCUT2D eigenvalue weighted by Crippen LogP contribution is 2.22. The maximum absolute atomic E-state index is 11.2. The quantitative estimate of drug-likeness (QED) is 0.484. The Hall–Kier alpha value is -2.38. The average Bonchev–Trinajstić information content (AvgIpc) is 2.77. The van der Waals surface area contributed by atoms with E-state index in [0.717, 1.165) is 55.6 Å². The lowest BCUT2D eigenvalue weighted by atomic mass is 10.2. The van der Waals surface area contributed by atoms with Gasteiger partial charge in [-0.1, -0.05) is 37.1 Å². The van der Waals surface area contributed by atoms with Gasteiger partial charge in [0.25, 0.3) is 0 Å². The lowest BCUT2D eigenvalue weighted by molar-refractivity contribution is 0.246. The van der Waals surface area contributed by atoms with Crippen molar-refractivity contribution >= 4 is 30.2 Å². The number of unbranched alkanes of at least 4 members (excludes halogenated alkanes) is 2. The van der Waals surface area contributed by atoms with Gasteiger partial charge in [0, 0.05) is 37.9 Å². The Morgan fingerprint density at radius 2 is 1.76 bits per heavy atom. The molecule has 0 unspecified atom stereocenters. The number of piperazine rings is 1. The fourth-order valence-electron chi connectivity index (χ4n) is 3.51. The van der Waals surface area contributed by atoms with Crippen molar-refractivity contribution in [2.45, 2.75) is 19.3 Å². The van der Waals surface area contributed by atoms with Gasteiger partial charge in [0.15, 0.2) is 0 Å². The second-order valence-electron chi connectivity index (χ2n) is 7.22. The van der Waals surface area contributed by atoms with Crippen molar-refractivity contribution in [1.29, 1.82) is 0 Å². The van der Waals surface area contributed by atoms with Crippen LogP contribution in [0, 0.1) is 0 Å². The summed E-state index contributed by atoms with van der Waals surface area (Å²) in [6, 6.07) is 17.3. The first kappa shape index (κ1) is 21.3. The summed E-state index contributed by atoms with van der Waals surface area (Å²) in [5.41, 5.74) is 7.16. The second-order valence-corrected chi connectivity index (χ2v) is 7.62. The molecular formula is C22H30N4O2S. The zero-order valence-corrected chi connectivity index (χ0v) is 17.6. The van der Waals surface area contributed by atoms with E-state index < -0.39 is 6.03 Å². The summed E-state index contributed by atoms with van der Waals surface area (Å²) in [5, 5.41) is 0. The fourth-order valence-corrected chi connectivity index (χ4v) is 3.63. The normalized spacial score (nSPS) is 14.6. The number of carbonyl (C=O) groups excluding carboxylic acids is 1. The number of ether oxygens (including phenoxy) is 1. The molecule has 29 heavy (non-hydrogen) atoms. The van der Waals surface area contributed by atoms with Crippen LogP contribution in [0.5, 0.6) is 5.75 Å².